The van der Waals surface area contributed by atoms with Crippen LogP contribution >= 0.6 is 11.3 Å². The molecule has 2 aromatic heterocycles. The summed E-state index contributed by atoms with van der Waals surface area (Å²) in [6.45, 7) is 4.74. The van der Waals surface area contributed by atoms with Crippen LogP contribution in [0.2, 0.25) is 0 Å². The number of benzene rings is 1. The number of ether oxygens (including phenoxy) is 1. The molecule has 0 atom stereocenters. The zero-order chi connectivity index (χ0) is 18.0. The van der Waals surface area contributed by atoms with Crippen LogP contribution in [0.3, 0.4) is 0 Å². The number of aryl methyl sites for hydroxylation is 2. The Morgan fingerprint density at radius 1 is 1.28 bits per heavy atom. The van der Waals surface area contributed by atoms with Gasteiger partial charge < -0.3 is 9.30 Å². The van der Waals surface area contributed by atoms with Gasteiger partial charge in [-0.2, -0.15) is 10.1 Å². The van der Waals surface area contributed by atoms with Crippen LogP contribution < -0.4 is 4.80 Å². The van der Waals surface area contributed by atoms with E-state index >= 15 is 0 Å². The molecule has 0 aliphatic heterocycles. The van der Waals surface area contributed by atoms with Crippen molar-refractivity contribution in [1.82, 2.24) is 14.3 Å². The number of nitrogens with zero attached hydrogens (tertiary/aromatic N) is 4. The van der Waals surface area contributed by atoms with E-state index in [-0.39, 0.29) is 11.9 Å². The molecule has 0 N–H and O–H groups in total. The quantitative estimate of drug-likeness (QED) is 0.671. The molecule has 0 fully saturated rings. The van der Waals surface area contributed by atoms with Crippen molar-refractivity contribution < 1.29 is 14.3 Å². The number of carbonyl (C=O) groups is 2. The highest BCUT2D eigenvalue weighted by molar-refractivity contribution is 7.16. The summed E-state index contributed by atoms with van der Waals surface area (Å²) in [7, 11) is 1.83. The molecular weight excluding hydrogens is 340 g/mol. The minimum atomic E-state index is -0.389. The van der Waals surface area contributed by atoms with Crippen molar-refractivity contribution in [2.24, 2.45) is 12.0 Å². The summed E-state index contributed by atoms with van der Waals surface area (Å²) in [5.74, 6) is -0.750. The molecule has 0 radical (unpaired) electrons. The molecule has 130 valence electrons. The van der Waals surface area contributed by atoms with Crippen molar-refractivity contribution in [1.29, 1.82) is 0 Å². The van der Waals surface area contributed by atoms with Crippen LogP contribution in [-0.4, -0.2) is 32.8 Å². The second kappa shape index (κ2) is 7.02. The normalized spacial score (nSPS) is 11.9. The topological polar surface area (TPSA) is 78.5 Å². The molecule has 3 rings (SSSR count). The summed E-state index contributed by atoms with van der Waals surface area (Å²) >= 11 is 1.34. The number of hydrogen-bond donors (Lipinski definition) is 0. The van der Waals surface area contributed by atoms with Crippen molar-refractivity contribution in [2.75, 3.05) is 6.61 Å². The zero-order valence-corrected chi connectivity index (χ0v) is 15.0. The van der Waals surface area contributed by atoms with E-state index in [1.54, 1.807) is 36.0 Å². The van der Waals surface area contributed by atoms with Crippen molar-refractivity contribution in [2.45, 2.75) is 20.4 Å². The van der Waals surface area contributed by atoms with Gasteiger partial charge in [0.15, 0.2) is 10.5 Å². The zero-order valence-electron chi connectivity index (χ0n) is 14.2. The van der Waals surface area contributed by atoms with E-state index in [1.165, 1.54) is 11.3 Å². The van der Waals surface area contributed by atoms with Crippen LogP contribution in [0.25, 0.3) is 10.2 Å². The largest absolute Gasteiger partial charge is 0.462 e. The molecule has 25 heavy (non-hydrogen) atoms. The standard InChI is InChI=1S/C17H18N4O3S/c1-4-21-9-8-12(19-21)15(22)18-17-20(3)13-7-6-11(10-14(13)25-17)16(23)24-5-2/h6-10H,4-5H2,1-3H3. The van der Waals surface area contributed by atoms with Gasteiger partial charge in [0.25, 0.3) is 5.91 Å². The molecule has 7 nitrogen and oxygen atoms in total. The maximum atomic E-state index is 12.3. The van der Waals surface area contributed by atoms with Crippen molar-refractivity contribution >= 4 is 33.4 Å². The molecule has 0 bridgehead atoms. The van der Waals surface area contributed by atoms with Gasteiger partial charge >= 0.3 is 5.97 Å². The highest BCUT2D eigenvalue weighted by atomic mass is 32.1. The van der Waals surface area contributed by atoms with Crippen LogP contribution in [0.5, 0.6) is 0 Å². The van der Waals surface area contributed by atoms with Crippen LogP contribution in [-0.2, 0) is 18.3 Å². The number of aromatic nitrogens is 3. The molecule has 0 saturated carbocycles. The third-order valence-electron chi connectivity index (χ3n) is 3.70. The predicted octanol–water partition coefficient (Wildman–Crippen LogP) is 2.37. The number of carbonyl (C=O) groups excluding carboxylic acids is 2. The number of hydrogen-bond acceptors (Lipinski definition) is 5. The first-order chi connectivity index (χ1) is 12.0. The summed E-state index contributed by atoms with van der Waals surface area (Å²) in [6, 6.07) is 6.95. The van der Waals surface area contributed by atoms with Crippen LogP contribution in [0, 0.1) is 0 Å². The van der Waals surface area contributed by atoms with E-state index in [9.17, 15) is 9.59 Å². The van der Waals surface area contributed by atoms with E-state index in [4.69, 9.17) is 4.74 Å². The van der Waals surface area contributed by atoms with Crippen molar-refractivity contribution in [3.8, 4) is 0 Å². The number of amides is 1. The molecule has 8 heteroatoms. The maximum absolute atomic E-state index is 12.3. The van der Waals surface area contributed by atoms with Crippen molar-refractivity contribution in [3.63, 3.8) is 0 Å². The molecule has 2 heterocycles. The number of esters is 1. The van der Waals surface area contributed by atoms with E-state index < -0.39 is 0 Å². The average Bonchev–Trinajstić information content (AvgIpc) is 3.20. The number of fused-ring (bicyclic) bond motifs is 1. The Balaban J connectivity index is 2.00. The Morgan fingerprint density at radius 3 is 2.76 bits per heavy atom. The summed E-state index contributed by atoms with van der Waals surface area (Å²) in [4.78, 5) is 28.9. The minimum Gasteiger partial charge on any atom is -0.462 e. The molecule has 0 spiro atoms. The van der Waals surface area contributed by atoms with Crippen molar-refractivity contribution in [3.05, 3.63) is 46.5 Å². The lowest BCUT2D eigenvalue weighted by molar-refractivity contribution is 0.0526. The Hall–Kier alpha value is -2.74. The summed E-state index contributed by atoms with van der Waals surface area (Å²) in [5.41, 5.74) is 1.69. The maximum Gasteiger partial charge on any atom is 0.338 e. The summed E-state index contributed by atoms with van der Waals surface area (Å²) < 4.78 is 9.38. The van der Waals surface area contributed by atoms with Gasteiger partial charge in [-0.3, -0.25) is 9.48 Å². The lowest BCUT2D eigenvalue weighted by Gasteiger charge is -2.01. The molecule has 0 aliphatic carbocycles. The monoisotopic (exact) mass is 358 g/mol. The number of rotatable bonds is 4. The van der Waals surface area contributed by atoms with Crippen LogP contribution in [0.4, 0.5) is 0 Å². The third kappa shape index (κ3) is 3.39. The lowest BCUT2D eigenvalue weighted by atomic mass is 10.2. The smallest absolute Gasteiger partial charge is 0.338 e. The lowest BCUT2D eigenvalue weighted by Crippen LogP contribution is -2.13. The van der Waals surface area contributed by atoms with Gasteiger partial charge in [0.05, 0.1) is 22.4 Å². The first-order valence-electron chi connectivity index (χ1n) is 7.92. The first kappa shape index (κ1) is 17.1. The molecular formula is C17H18N4O3S. The van der Waals surface area contributed by atoms with Gasteiger partial charge in [0.1, 0.15) is 0 Å². The van der Waals surface area contributed by atoms with Gasteiger partial charge in [0.2, 0.25) is 0 Å². The summed E-state index contributed by atoms with van der Waals surface area (Å²) in [6.07, 6.45) is 1.75. The first-order valence-corrected chi connectivity index (χ1v) is 8.74. The van der Waals surface area contributed by atoms with Gasteiger partial charge in [-0.1, -0.05) is 11.3 Å². The van der Waals surface area contributed by atoms with Crippen LogP contribution in [0.1, 0.15) is 34.7 Å². The molecule has 1 amide bonds. The van der Waals surface area contributed by atoms with Crippen LogP contribution in [0.15, 0.2) is 35.5 Å². The highest BCUT2D eigenvalue weighted by Crippen LogP contribution is 2.19. The molecule has 3 aromatic rings. The van der Waals surface area contributed by atoms with Gasteiger partial charge in [0, 0.05) is 19.8 Å². The minimum absolute atomic E-state index is 0.312. The molecule has 0 saturated heterocycles. The third-order valence-corrected chi connectivity index (χ3v) is 4.80. The van der Waals surface area contributed by atoms with Gasteiger partial charge in [-0.05, 0) is 38.1 Å². The average molecular weight is 358 g/mol. The fourth-order valence-corrected chi connectivity index (χ4v) is 3.43. The number of thiazole rings is 1. The van der Waals surface area contributed by atoms with Gasteiger partial charge in [-0.15, -0.1) is 0 Å². The molecule has 1 aromatic carbocycles. The Labute approximate surface area is 148 Å². The van der Waals surface area contributed by atoms with E-state index in [2.05, 4.69) is 10.1 Å². The highest BCUT2D eigenvalue weighted by Gasteiger charge is 2.12. The van der Waals surface area contributed by atoms with E-state index in [0.29, 0.717) is 29.2 Å². The SMILES string of the molecule is CCOC(=O)c1ccc2c(c1)sc(=NC(=O)c1ccn(CC)n1)n2C. The van der Waals surface area contributed by atoms with Gasteiger partial charge in [-0.25, -0.2) is 4.79 Å². The van der Waals surface area contributed by atoms with E-state index in [1.807, 2.05) is 24.6 Å². The molecule has 0 unspecified atom stereocenters. The Kier molecular flexibility index (Phi) is 4.80. The Bertz CT molecular complexity index is 1010. The fraction of sp³-hybridized carbons (Fsp3) is 0.294. The van der Waals surface area contributed by atoms with E-state index in [0.717, 1.165) is 10.2 Å². The summed E-state index contributed by atoms with van der Waals surface area (Å²) in [5, 5.41) is 4.17. The predicted molar refractivity (Wildman–Crippen MR) is 94.5 cm³/mol. The second-order valence-corrected chi connectivity index (χ2v) is 6.33. The fourth-order valence-electron chi connectivity index (χ4n) is 2.38. The second-order valence-electron chi connectivity index (χ2n) is 5.32. The Morgan fingerprint density at radius 2 is 2.08 bits per heavy atom. The molecule has 0 aliphatic rings.